The lowest BCUT2D eigenvalue weighted by atomic mass is 10.1. The second-order valence-corrected chi connectivity index (χ2v) is 9.31. The van der Waals surface area contributed by atoms with Gasteiger partial charge in [0.25, 0.3) is 0 Å². The Labute approximate surface area is 170 Å². The lowest BCUT2D eigenvalue weighted by Crippen LogP contribution is -2.33. The Morgan fingerprint density at radius 2 is 1.80 bits per heavy atom. The molecule has 0 aromatic carbocycles. The molecule has 3 heterocycles. The molecule has 2 aromatic heterocycles. The van der Waals surface area contributed by atoms with Crippen LogP contribution in [-0.4, -0.2) is 84.0 Å². The Hall–Kier alpha value is -1.53. The van der Waals surface area contributed by atoms with Crippen LogP contribution in [0.3, 0.4) is 0 Å². The van der Waals surface area contributed by atoms with E-state index in [1.807, 2.05) is 0 Å². The number of aromatic nitrogens is 4. The van der Waals surface area contributed by atoms with Crippen molar-refractivity contribution in [1.29, 1.82) is 0 Å². The highest BCUT2D eigenvalue weighted by molar-refractivity contribution is 8.06. The van der Waals surface area contributed by atoms with Gasteiger partial charge in [0, 0.05) is 11.8 Å². The molecule has 20 heteroatoms. The summed E-state index contributed by atoms with van der Waals surface area (Å²) in [7, 11) is -4.64. The third kappa shape index (κ3) is 5.79. The molecule has 1 aliphatic heterocycles. The van der Waals surface area contributed by atoms with E-state index in [4.69, 9.17) is 34.8 Å². The maximum Gasteiger partial charge on any atom is 0.466 e. The fourth-order valence-electron chi connectivity index (χ4n) is 2.45. The van der Waals surface area contributed by atoms with Crippen LogP contribution in [-0.2, 0) is 21.1 Å². The number of hydrogen-bond donors (Lipinski definition) is 9. The summed E-state index contributed by atoms with van der Waals surface area (Å²) in [5.41, 5.74) is 4.22. The number of hydrogen-bond acceptors (Lipinski definition) is 11. The summed E-state index contributed by atoms with van der Waals surface area (Å²) in [5, 5.41) is 29.0. The number of imidazole rings is 1. The molecule has 17 nitrogen and oxygen atoms in total. The van der Waals surface area contributed by atoms with E-state index < -0.39 is 57.2 Å². The van der Waals surface area contributed by atoms with Crippen LogP contribution in [0.25, 0.3) is 11.2 Å². The lowest BCUT2D eigenvalue weighted by Gasteiger charge is -2.17. The fraction of sp³-hybridized carbons (Fsp3) is 0.500. The normalized spacial score (nSPS) is 24.5. The highest BCUT2D eigenvalue weighted by atomic mass is 32.5. The highest BCUT2D eigenvalue weighted by Gasteiger charge is 2.44. The number of phosphoric acid groups is 1. The fourth-order valence-corrected chi connectivity index (χ4v) is 3.02. The molecule has 0 aliphatic carbocycles. The van der Waals surface area contributed by atoms with Gasteiger partial charge in [0.1, 0.15) is 18.3 Å². The van der Waals surface area contributed by atoms with Gasteiger partial charge in [-0.05, 0) is 0 Å². The minimum Gasteiger partial charge on any atom is -0.394 e. The molecule has 30 heavy (non-hydrogen) atoms. The van der Waals surface area contributed by atoms with Crippen LogP contribution < -0.4 is 15.9 Å². The monoisotopic (exact) mass is 493 g/mol. The maximum absolute atomic E-state index is 12.3. The molecule has 10 N–H and O–H groups in total. The molecule has 0 spiro atoms. The topological polar surface area (TPSA) is 276 Å². The van der Waals surface area contributed by atoms with Crippen molar-refractivity contribution < 1.29 is 53.7 Å². The van der Waals surface area contributed by atoms with Crippen LogP contribution in [0.15, 0.2) is 11.1 Å². The highest BCUT2D eigenvalue weighted by Crippen LogP contribution is 2.33. The number of fused-ring (bicyclic) bond motifs is 1. The zero-order valence-corrected chi connectivity index (χ0v) is 17.1. The van der Waals surface area contributed by atoms with E-state index in [1.54, 1.807) is 0 Å². The van der Waals surface area contributed by atoms with Gasteiger partial charge in [-0.3, -0.25) is 9.36 Å². The molecule has 0 amide bonds. The number of nitrogens with two attached hydrogens (primary N) is 1. The molecule has 1 fully saturated rings. The van der Waals surface area contributed by atoms with Gasteiger partial charge in [-0.15, -0.1) is 0 Å². The maximum atomic E-state index is 12.3. The first-order chi connectivity index (χ1) is 13.6. The second kappa shape index (κ2) is 8.91. The summed E-state index contributed by atoms with van der Waals surface area (Å²) in [4.78, 5) is 59.9. The molecule has 0 radical (unpaired) electrons. The Balaban J connectivity index is 0.000000575. The van der Waals surface area contributed by atoms with Gasteiger partial charge in [-0.25, -0.2) is 9.55 Å². The quantitative estimate of drug-likeness (QED) is 0.181. The predicted molar refractivity (Wildman–Crippen MR) is 98.8 cm³/mol. The third-order valence-electron chi connectivity index (χ3n) is 3.56. The van der Waals surface area contributed by atoms with E-state index in [9.17, 15) is 24.8 Å². The van der Waals surface area contributed by atoms with Gasteiger partial charge in [0.05, 0.1) is 12.9 Å². The third-order valence-corrected chi connectivity index (χ3v) is 4.14. The average Bonchev–Trinajstić information content (AvgIpc) is 3.11. The Morgan fingerprint density at radius 1 is 1.23 bits per heavy atom. The molecule has 1 aliphatic rings. The molecule has 0 bridgehead atoms. The molecule has 4 atom stereocenters. The second-order valence-electron chi connectivity index (χ2n) is 5.71. The summed E-state index contributed by atoms with van der Waals surface area (Å²) in [6.45, 7) is -4.78. The molecule has 170 valence electrons. The minimum atomic E-state index is -4.64. The zero-order chi connectivity index (χ0) is 23.0. The largest absolute Gasteiger partial charge is 0.466 e. The van der Waals surface area contributed by atoms with Crippen LogP contribution in [0.1, 0.15) is 6.23 Å². The van der Waals surface area contributed by atoms with E-state index >= 15 is 0 Å². The molecular weight excluding hydrogens is 476 g/mol. The zero-order valence-electron chi connectivity index (χ0n) is 14.5. The number of ether oxygens (including phenoxy) is 1. The van der Waals surface area contributed by atoms with Crippen LogP contribution in [0.5, 0.6) is 0 Å². The van der Waals surface area contributed by atoms with Crippen molar-refractivity contribution in [2.45, 2.75) is 24.5 Å². The molecule has 0 unspecified atom stereocenters. The summed E-state index contributed by atoms with van der Waals surface area (Å²) >= 11 is 4.28. The van der Waals surface area contributed by atoms with Crippen molar-refractivity contribution in [3.63, 3.8) is 0 Å². The number of rotatable bonds is 4. The summed E-state index contributed by atoms with van der Waals surface area (Å²) in [5.74, 6) is -0.552. The first-order valence-corrected chi connectivity index (χ1v) is 11.7. The predicted octanol–water partition coefficient (Wildman–Crippen LogP) is -4.50. The van der Waals surface area contributed by atoms with Crippen molar-refractivity contribution in [3.05, 3.63) is 16.7 Å². The van der Waals surface area contributed by atoms with Gasteiger partial charge in [-0.2, -0.15) is 4.98 Å². The van der Waals surface area contributed by atoms with Crippen LogP contribution in [0, 0.1) is 0 Å². The number of aliphatic hydroxyl groups is 3. The van der Waals surface area contributed by atoms with Gasteiger partial charge in [-0.1, -0.05) is 4.73 Å². The SMILES string of the molecule is Nc1nc2c(ncn2[C@@H]2O[C@H](CO)[C@@H](O)[C@H]2O)c(=O)n1OP(O)(O)=S.O=P(O)(O)O. The van der Waals surface area contributed by atoms with E-state index in [0.717, 1.165) is 10.9 Å². The smallest absolute Gasteiger partial charge is 0.394 e. The Kier molecular flexibility index (Phi) is 7.35. The van der Waals surface area contributed by atoms with Crippen molar-refractivity contribution in [3.8, 4) is 0 Å². The van der Waals surface area contributed by atoms with E-state index in [-0.39, 0.29) is 11.2 Å². The summed E-state index contributed by atoms with van der Waals surface area (Å²) < 4.78 is 20.2. The van der Waals surface area contributed by atoms with Gasteiger partial charge in [0.2, 0.25) is 5.95 Å². The first kappa shape index (κ1) is 24.7. The van der Waals surface area contributed by atoms with Gasteiger partial charge < -0.3 is 54.9 Å². The van der Waals surface area contributed by atoms with E-state index in [2.05, 4.69) is 26.4 Å². The molecule has 3 rings (SSSR count). The van der Waals surface area contributed by atoms with Crippen LogP contribution in [0.4, 0.5) is 5.95 Å². The van der Waals surface area contributed by atoms with Gasteiger partial charge >= 0.3 is 20.1 Å². The standard InChI is InChI=1S/C10H14N5O8PS.H3O4P/c11-10-13-7-4(8(19)15(10)23-24(20,21)25)12-2-14(7)9-6(18)5(17)3(1-16)22-9;1-5(2,3)4/h2-3,5-6,9,16-18H,1H2,(H2,11,13)(H2,20,21,25);(H3,1,2,3,4)/t3-,5-,6-,9-;/m1./s1. The van der Waals surface area contributed by atoms with Crippen molar-refractivity contribution in [2.75, 3.05) is 12.3 Å². The van der Waals surface area contributed by atoms with Gasteiger partial charge in [0.15, 0.2) is 17.4 Å². The van der Waals surface area contributed by atoms with Crippen LogP contribution >= 0.6 is 14.5 Å². The Bertz CT molecular complexity index is 1060. The number of nitrogens with zero attached hydrogens (tertiary/aromatic N) is 4. The van der Waals surface area contributed by atoms with Crippen molar-refractivity contribution in [1.82, 2.24) is 19.3 Å². The van der Waals surface area contributed by atoms with E-state index in [1.165, 1.54) is 0 Å². The lowest BCUT2D eigenvalue weighted by molar-refractivity contribution is -0.0511. The average molecular weight is 493 g/mol. The van der Waals surface area contributed by atoms with E-state index in [0.29, 0.717) is 4.73 Å². The molecule has 2 aromatic rings. The minimum absolute atomic E-state index is 0.110. The number of nitrogen functional groups attached to an aromatic ring is 1. The number of anilines is 1. The molecule has 0 saturated carbocycles. The number of aliphatic hydroxyl groups excluding tert-OH is 3. The Morgan fingerprint density at radius 3 is 2.27 bits per heavy atom. The summed E-state index contributed by atoms with van der Waals surface area (Å²) in [6.07, 6.45) is -3.88. The van der Waals surface area contributed by atoms with Crippen LogP contribution in [0.2, 0.25) is 0 Å². The molecule has 1 saturated heterocycles. The summed E-state index contributed by atoms with van der Waals surface area (Å²) in [6, 6.07) is 0. The first-order valence-electron chi connectivity index (χ1n) is 7.55. The van der Waals surface area contributed by atoms with Crippen molar-refractivity contribution >= 4 is 43.5 Å². The molecular formula is C10H17N5O12P2S. The van der Waals surface area contributed by atoms with Crippen molar-refractivity contribution in [2.24, 2.45) is 0 Å².